The molecule has 5 nitrogen and oxygen atoms in total. The van der Waals surface area contributed by atoms with Gasteiger partial charge >= 0.3 is 0 Å². The lowest BCUT2D eigenvalue weighted by Gasteiger charge is -2.33. The number of hydrogen-bond donors (Lipinski definition) is 2. The Morgan fingerprint density at radius 3 is 3.06 bits per heavy atom. The van der Waals surface area contributed by atoms with Crippen molar-refractivity contribution in [1.29, 1.82) is 0 Å². The monoisotopic (exact) mass is 236 g/mol. The molecule has 2 rings (SSSR count). The first-order valence-corrected chi connectivity index (χ1v) is 6.21. The first kappa shape index (κ1) is 12.1. The average molecular weight is 236 g/mol. The maximum absolute atomic E-state index is 9.25. The standard InChI is InChI=1S/C12H20N4O/c1-2-10-11(13)14-8-15-12(10)16-5-3-4-9(6-16)7-17/h8-9,17H,2-7H2,1H3,(H2,13,14,15). The van der Waals surface area contributed by atoms with E-state index >= 15 is 0 Å². The van der Waals surface area contributed by atoms with Crippen molar-refractivity contribution in [3.05, 3.63) is 11.9 Å². The number of aromatic nitrogens is 2. The Hall–Kier alpha value is -1.36. The van der Waals surface area contributed by atoms with E-state index in [1.165, 1.54) is 6.33 Å². The van der Waals surface area contributed by atoms with Gasteiger partial charge in [0, 0.05) is 25.3 Å². The third-order valence-corrected chi connectivity index (χ3v) is 3.39. The highest BCUT2D eigenvalue weighted by Crippen LogP contribution is 2.26. The van der Waals surface area contributed by atoms with Crippen LogP contribution in [0.25, 0.3) is 0 Å². The first-order chi connectivity index (χ1) is 8.26. The first-order valence-electron chi connectivity index (χ1n) is 6.21. The fraction of sp³-hybridized carbons (Fsp3) is 0.667. The molecule has 1 atom stereocenters. The maximum atomic E-state index is 9.25. The number of piperidine rings is 1. The smallest absolute Gasteiger partial charge is 0.137 e. The third-order valence-electron chi connectivity index (χ3n) is 3.39. The van der Waals surface area contributed by atoms with Crippen LogP contribution in [0.2, 0.25) is 0 Å². The molecule has 2 heterocycles. The van der Waals surface area contributed by atoms with Crippen molar-refractivity contribution in [3.8, 4) is 0 Å². The van der Waals surface area contributed by atoms with E-state index in [1.54, 1.807) is 0 Å². The van der Waals surface area contributed by atoms with E-state index in [0.717, 1.165) is 43.7 Å². The van der Waals surface area contributed by atoms with Crippen LogP contribution in [-0.4, -0.2) is 34.8 Å². The normalized spacial score (nSPS) is 20.6. The highest BCUT2D eigenvalue weighted by atomic mass is 16.3. The number of aliphatic hydroxyl groups excluding tert-OH is 1. The molecule has 1 fully saturated rings. The van der Waals surface area contributed by atoms with Gasteiger partial charge in [0.2, 0.25) is 0 Å². The summed E-state index contributed by atoms with van der Waals surface area (Å²) >= 11 is 0. The van der Waals surface area contributed by atoms with Crippen molar-refractivity contribution in [3.63, 3.8) is 0 Å². The van der Waals surface area contributed by atoms with E-state index in [2.05, 4.69) is 21.8 Å². The van der Waals surface area contributed by atoms with Crippen molar-refractivity contribution < 1.29 is 5.11 Å². The summed E-state index contributed by atoms with van der Waals surface area (Å²) in [4.78, 5) is 10.6. The van der Waals surface area contributed by atoms with E-state index in [9.17, 15) is 5.11 Å². The number of nitrogens with two attached hydrogens (primary N) is 1. The molecule has 17 heavy (non-hydrogen) atoms. The van der Waals surface area contributed by atoms with Crippen LogP contribution in [-0.2, 0) is 6.42 Å². The molecule has 1 aliphatic heterocycles. The summed E-state index contributed by atoms with van der Waals surface area (Å²) in [5, 5.41) is 9.25. The molecule has 5 heteroatoms. The van der Waals surface area contributed by atoms with Gasteiger partial charge in [0.25, 0.3) is 0 Å². The Labute approximate surface area is 102 Å². The summed E-state index contributed by atoms with van der Waals surface area (Å²) in [6.07, 6.45) is 4.54. The third kappa shape index (κ3) is 2.49. The van der Waals surface area contributed by atoms with E-state index in [0.29, 0.717) is 11.7 Å². The summed E-state index contributed by atoms with van der Waals surface area (Å²) < 4.78 is 0. The van der Waals surface area contributed by atoms with Crippen molar-refractivity contribution >= 4 is 11.6 Å². The number of nitrogens with zero attached hydrogens (tertiary/aromatic N) is 3. The van der Waals surface area contributed by atoms with Crippen LogP contribution >= 0.6 is 0 Å². The SMILES string of the molecule is CCc1c(N)ncnc1N1CCCC(CO)C1. The van der Waals surface area contributed by atoms with Gasteiger partial charge in [-0.1, -0.05) is 6.92 Å². The summed E-state index contributed by atoms with van der Waals surface area (Å²) in [5.41, 5.74) is 6.90. The van der Waals surface area contributed by atoms with Gasteiger partial charge in [0.05, 0.1) is 0 Å². The largest absolute Gasteiger partial charge is 0.396 e. The van der Waals surface area contributed by atoms with Crippen LogP contribution in [0.15, 0.2) is 6.33 Å². The van der Waals surface area contributed by atoms with Gasteiger partial charge in [0.1, 0.15) is 18.0 Å². The lowest BCUT2D eigenvalue weighted by molar-refractivity contribution is 0.208. The lowest BCUT2D eigenvalue weighted by atomic mass is 9.98. The van der Waals surface area contributed by atoms with Gasteiger partial charge in [-0.05, 0) is 25.2 Å². The Bertz CT molecular complexity index is 383. The van der Waals surface area contributed by atoms with Crippen LogP contribution in [0.1, 0.15) is 25.3 Å². The second kappa shape index (κ2) is 5.31. The predicted octanol–water partition coefficient (Wildman–Crippen LogP) is 0.830. The molecular weight excluding hydrogens is 216 g/mol. The minimum Gasteiger partial charge on any atom is -0.396 e. The van der Waals surface area contributed by atoms with Crippen molar-refractivity contribution in [2.45, 2.75) is 26.2 Å². The Balaban J connectivity index is 2.24. The topological polar surface area (TPSA) is 75.3 Å². The van der Waals surface area contributed by atoms with Gasteiger partial charge < -0.3 is 15.7 Å². The van der Waals surface area contributed by atoms with E-state index in [4.69, 9.17) is 5.73 Å². The van der Waals surface area contributed by atoms with Gasteiger partial charge in [0.15, 0.2) is 0 Å². The Morgan fingerprint density at radius 2 is 2.35 bits per heavy atom. The van der Waals surface area contributed by atoms with Gasteiger partial charge in [-0.25, -0.2) is 9.97 Å². The predicted molar refractivity (Wildman–Crippen MR) is 67.8 cm³/mol. The van der Waals surface area contributed by atoms with Crippen molar-refractivity contribution in [2.75, 3.05) is 30.3 Å². The van der Waals surface area contributed by atoms with Crippen molar-refractivity contribution in [1.82, 2.24) is 9.97 Å². The molecule has 0 bridgehead atoms. The number of rotatable bonds is 3. The zero-order valence-corrected chi connectivity index (χ0v) is 10.3. The quantitative estimate of drug-likeness (QED) is 0.813. The molecule has 1 aromatic heterocycles. The zero-order chi connectivity index (χ0) is 12.3. The molecule has 3 N–H and O–H groups in total. The molecular formula is C12H20N4O. The molecule has 1 saturated heterocycles. The van der Waals surface area contributed by atoms with Crippen LogP contribution < -0.4 is 10.6 Å². The zero-order valence-electron chi connectivity index (χ0n) is 10.3. The van der Waals surface area contributed by atoms with Crippen LogP contribution in [0.4, 0.5) is 11.6 Å². The number of aliphatic hydroxyl groups is 1. The molecule has 1 aliphatic rings. The Kier molecular flexibility index (Phi) is 3.78. The molecule has 0 aliphatic carbocycles. The van der Waals surface area contributed by atoms with Crippen molar-refractivity contribution in [2.24, 2.45) is 5.92 Å². The number of hydrogen-bond acceptors (Lipinski definition) is 5. The molecule has 1 unspecified atom stereocenters. The second-order valence-corrected chi connectivity index (χ2v) is 4.55. The van der Waals surface area contributed by atoms with Crippen LogP contribution in [0, 0.1) is 5.92 Å². The van der Waals surface area contributed by atoms with Gasteiger partial charge in [-0.15, -0.1) is 0 Å². The van der Waals surface area contributed by atoms with E-state index in [1.807, 2.05) is 0 Å². The summed E-state index contributed by atoms with van der Waals surface area (Å²) in [5.74, 6) is 1.87. The average Bonchev–Trinajstić information content (AvgIpc) is 2.38. The molecule has 0 radical (unpaired) electrons. The highest BCUT2D eigenvalue weighted by molar-refractivity contribution is 5.56. The fourth-order valence-electron chi connectivity index (χ4n) is 2.43. The molecule has 0 saturated carbocycles. The minimum absolute atomic E-state index is 0.249. The van der Waals surface area contributed by atoms with E-state index in [-0.39, 0.29) is 6.61 Å². The summed E-state index contributed by atoms with van der Waals surface area (Å²) in [7, 11) is 0. The highest BCUT2D eigenvalue weighted by Gasteiger charge is 2.22. The summed E-state index contributed by atoms with van der Waals surface area (Å²) in [6.45, 7) is 4.16. The fourth-order valence-corrected chi connectivity index (χ4v) is 2.43. The maximum Gasteiger partial charge on any atom is 0.137 e. The second-order valence-electron chi connectivity index (χ2n) is 4.55. The lowest BCUT2D eigenvalue weighted by Crippen LogP contribution is -2.38. The van der Waals surface area contributed by atoms with Gasteiger partial charge in [-0.2, -0.15) is 0 Å². The molecule has 94 valence electrons. The number of anilines is 2. The van der Waals surface area contributed by atoms with Crippen LogP contribution in [0.3, 0.4) is 0 Å². The number of nitrogen functional groups attached to an aromatic ring is 1. The van der Waals surface area contributed by atoms with E-state index < -0.39 is 0 Å². The molecule has 0 amide bonds. The molecule has 0 aromatic carbocycles. The summed E-state index contributed by atoms with van der Waals surface area (Å²) in [6, 6.07) is 0. The minimum atomic E-state index is 0.249. The van der Waals surface area contributed by atoms with Gasteiger partial charge in [-0.3, -0.25) is 0 Å². The molecule has 1 aromatic rings. The molecule has 0 spiro atoms. The van der Waals surface area contributed by atoms with Crippen LogP contribution in [0.5, 0.6) is 0 Å². The Morgan fingerprint density at radius 1 is 1.53 bits per heavy atom.